The highest BCUT2D eigenvalue weighted by Crippen LogP contribution is 2.31. The monoisotopic (exact) mass is 507 g/mol. The highest BCUT2D eigenvalue weighted by molar-refractivity contribution is 5.74. The maximum absolute atomic E-state index is 13.2. The lowest BCUT2D eigenvalue weighted by atomic mass is 10.0. The number of hydrogen-bond acceptors (Lipinski definition) is 9. The van der Waals surface area contributed by atoms with Gasteiger partial charge in [0.2, 0.25) is 0 Å². The van der Waals surface area contributed by atoms with Crippen LogP contribution < -0.4 is 4.74 Å². The van der Waals surface area contributed by atoms with E-state index in [4.69, 9.17) is 28.4 Å². The molecular formula is C26H37NO9. The molecule has 200 valence electrons. The minimum Gasteiger partial charge on any atom is -0.497 e. The molecular weight excluding hydrogens is 470 g/mol. The van der Waals surface area contributed by atoms with E-state index in [9.17, 15) is 14.4 Å². The van der Waals surface area contributed by atoms with Gasteiger partial charge in [0, 0.05) is 0 Å². The lowest BCUT2D eigenvalue weighted by molar-refractivity contribution is -0.174. The number of likely N-dealkylation sites (tertiary alicyclic amines) is 1. The Morgan fingerprint density at radius 2 is 1.56 bits per heavy atom. The van der Waals surface area contributed by atoms with Gasteiger partial charge < -0.3 is 28.4 Å². The summed E-state index contributed by atoms with van der Waals surface area (Å²) in [6, 6.07) is 6.71. The van der Waals surface area contributed by atoms with Crippen molar-refractivity contribution < 1.29 is 42.8 Å². The van der Waals surface area contributed by atoms with Gasteiger partial charge in [0.15, 0.2) is 12.2 Å². The average molecular weight is 508 g/mol. The molecule has 0 saturated carbocycles. The SMILES string of the molecule is COc1ccc(C[C@@H]2[C@H](OC(=O)C3COC3)[C@@H](OC(=O)OC(C)(C)C)CN2C(=O)OC(C)(C)C)cc1. The number of esters is 1. The fourth-order valence-electron chi connectivity index (χ4n) is 3.88. The number of ether oxygens (including phenoxy) is 6. The van der Waals surface area contributed by atoms with Gasteiger partial charge in [-0.2, -0.15) is 0 Å². The standard InChI is InChI=1S/C26H37NO9/c1-25(2,3)35-23(29)27-13-20(33-24(30)36-26(4,5)6)21(34-22(28)17-14-32-15-17)19(27)12-16-8-10-18(31-7)11-9-16/h8-11,17,19-21H,12-15H2,1-7H3/t19-,20+,21+/m1/s1. The Balaban J connectivity index is 1.91. The molecule has 1 aromatic rings. The molecule has 3 atom stereocenters. The normalized spacial score (nSPS) is 22.4. The predicted molar refractivity (Wildman–Crippen MR) is 129 cm³/mol. The molecule has 0 spiro atoms. The van der Waals surface area contributed by atoms with Crippen LogP contribution in [0.4, 0.5) is 9.59 Å². The molecule has 2 heterocycles. The van der Waals surface area contributed by atoms with Crippen LogP contribution in [0.1, 0.15) is 47.1 Å². The van der Waals surface area contributed by atoms with Crippen LogP contribution in [0.5, 0.6) is 5.75 Å². The molecule has 0 bridgehead atoms. The van der Waals surface area contributed by atoms with Gasteiger partial charge in [0.1, 0.15) is 22.9 Å². The Morgan fingerprint density at radius 1 is 0.944 bits per heavy atom. The van der Waals surface area contributed by atoms with E-state index in [1.54, 1.807) is 48.7 Å². The largest absolute Gasteiger partial charge is 0.509 e. The lowest BCUT2D eigenvalue weighted by Gasteiger charge is -2.32. The van der Waals surface area contributed by atoms with E-state index in [0.717, 1.165) is 5.56 Å². The molecule has 0 unspecified atom stereocenters. The summed E-state index contributed by atoms with van der Waals surface area (Å²) >= 11 is 0. The third kappa shape index (κ3) is 7.49. The lowest BCUT2D eigenvalue weighted by Crippen LogP contribution is -2.47. The number of carbonyl (C=O) groups is 3. The summed E-state index contributed by atoms with van der Waals surface area (Å²) in [7, 11) is 1.58. The number of nitrogens with zero attached hydrogens (tertiary/aromatic N) is 1. The maximum atomic E-state index is 13.2. The highest BCUT2D eigenvalue weighted by atomic mass is 16.7. The molecule has 2 fully saturated rings. The first-order valence-corrected chi connectivity index (χ1v) is 12.1. The van der Waals surface area contributed by atoms with Crippen molar-refractivity contribution in [1.82, 2.24) is 4.90 Å². The van der Waals surface area contributed by atoms with Crippen LogP contribution in [0.2, 0.25) is 0 Å². The molecule has 1 amide bonds. The Morgan fingerprint density at radius 3 is 2.06 bits per heavy atom. The van der Waals surface area contributed by atoms with E-state index in [1.165, 1.54) is 4.90 Å². The summed E-state index contributed by atoms with van der Waals surface area (Å²) in [5, 5.41) is 0. The number of carbonyl (C=O) groups excluding carboxylic acids is 3. The van der Waals surface area contributed by atoms with Crippen molar-refractivity contribution in [2.24, 2.45) is 5.92 Å². The van der Waals surface area contributed by atoms with Gasteiger partial charge in [0.25, 0.3) is 0 Å². The van der Waals surface area contributed by atoms with E-state index in [0.29, 0.717) is 12.2 Å². The Bertz CT molecular complexity index is 928. The molecule has 36 heavy (non-hydrogen) atoms. The zero-order chi connectivity index (χ0) is 26.7. The van der Waals surface area contributed by atoms with Crippen LogP contribution in [-0.4, -0.2) is 79.4 Å². The topological polar surface area (TPSA) is 110 Å². The quantitative estimate of drug-likeness (QED) is 0.420. The van der Waals surface area contributed by atoms with Crippen molar-refractivity contribution in [2.75, 3.05) is 26.9 Å². The summed E-state index contributed by atoms with van der Waals surface area (Å²) in [6.07, 6.45) is -3.05. The Hall–Kier alpha value is -3.01. The maximum Gasteiger partial charge on any atom is 0.509 e. The molecule has 1 aromatic carbocycles. The molecule has 2 saturated heterocycles. The second-order valence-electron chi connectivity index (χ2n) is 11.0. The van der Waals surface area contributed by atoms with Gasteiger partial charge in [-0.15, -0.1) is 0 Å². The van der Waals surface area contributed by atoms with Gasteiger partial charge in [-0.05, 0) is 65.7 Å². The van der Waals surface area contributed by atoms with E-state index in [-0.39, 0.29) is 19.8 Å². The van der Waals surface area contributed by atoms with Crippen molar-refractivity contribution in [3.8, 4) is 5.75 Å². The first kappa shape index (κ1) is 27.6. The molecule has 3 rings (SSSR count). The van der Waals surface area contributed by atoms with E-state index in [1.807, 2.05) is 24.3 Å². The first-order valence-electron chi connectivity index (χ1n) is 12.1. The minimum atomic E-state index is -0.944. The smallest absolute Gasteiger partial charge is 0.497 e. The first-order chi connectivity index (χ1) is 16.8. The molecule has 2 aliphatic heterocycles. The molecule has 0 N–H and O–H groups in total. The summed E-state index contributed by atoms with van der Waals surface area (Å²) in [5.74, 6) is -0.174. The van der Waals surface area contributed by atoms with Crippen molar-refractivity contribution >= 4 is 18.2 Å². The van der Waals surface area contributed by atoms with Crippen molar-refractivity contribution in [3.05, 3.63) is 29.8 Å². The minimum absolute atomic E-state index is 0.0198. The number of amides is 1. The van der Waals surface area contributed by atoms with Gasteiger partial charge >= 0.3 is 18.2 Å². The zero-order valence-corrected chi connectivity index (χ0v) is 22.1. The molecule has 10 heteroatoms. The van der Waals surface area contributed by atoms with Crippen LogP contribution >= 0.6 is 0 Å². The summed E-state index contributed by atoms with van der Waals surface area (Å²) in [4.78, 5) is 40.0. The zero-order valence-electron chi connectivity index (χ0n) is 22.1. The van der Waals surface area contributed by atoms with Crippen LogP contribution in [0.3, 0.4) is 0 Å². The average Bonchev–Trinajstić information content (AvgIpc) is 3.01. The second kappa shape index (κ2) is 10.9. The number of benzene rings is 1. The highest BCUT2D eigenvalue weighted by Gasteiger charge is 2.50. The third-order valence-electron chi connectivity index (χ3n) is 5.62. The number of hydrogen-bond donors (Lipinski definition) is 0. The summed E-state index contributed by atoms with van der Waals surface area (Å²) in [6.45, 7) is 11.0. The van der Waals surface area contributed by atoms with Gasteiger partial charge in [-0.25, -0.2) is 9.59 Å². The Labute approximate surface area is 212 Å². The third-order valence-corrected chi connectivity index (χ3v) is 5.62. The molecule has 2 aliphatic rings. The van der Waals surface area contributed by atoms with Crippen LogP contribution in [-0.2, 0) is 34.9 Å². The molecule has 0 radical (unpaired) electrons. The number of rotatable bonds is 6. The van der Waals surface area contributed by atoms with Crippen LogP contribution in [0.15, 0.2) is 24.3 Å². The van der Waals surface area contributed by atoms with Crippen molar-refractivity contribution in [1.29, 1.82) is 0 Å². The molecule has 0 aromatic heterocycles. The van der Waals surface area contributed by atoms with E-state index < -0.39 is 53.6 Å². The van der Waals surface area contributed by atoms with Crippen molar-refractivity contribution in [3.63, 3.8) is 0 Å². The van der Waals surface area contributed by atoms with Crippen molar-refractivity contribution in [2.45, 2.75) is 77.4 Å². The molecule has 0 aliphatic carbocycles. The van der Waals surface area contributed by atoms with Gasteiger partial charge in [-0.1, -0.05) is 12.1 Å². The summed E-state index contributed by atoms with van der Waals surface area (Å²) < 4.78 is 32.8. The fourth-order valence-corrected chi connectivity index (χ4v) is 3.88. The van der Waals surface area contributed by atoms with Crippen LogP contribution in [0.25, 0.3) is 0 Å². The number of methoxy groups -OCH3 is 1. The van der Waals surface area contributed by atoms with Crippen LogP contribution in [0, 0.1) is 5.92 Å². The van der Waals surface area contributed by atoms with Gasteiger partial charge in [0.05, 0.1) is 32.9 Å². The molecule has 10 nitrogen and oxygen atoms in total. The summed E-state index contributed by atoms with van der Waals surface area (Å²) in [5.41, 5.74) is -0.653. The Kier molecular flexibility index (Phi) is 8.38. The fraction of sp³-hybridized carbons (Fsp3) is 0.654. The predicted octanol–water partition coefficient (Wildman–Crippen LogP) is 3.74. The second-order valence-corrected chi connectivity index (χ2v) is 11.0. The van der Waals surface area contributed by atoms with E-state index >= 15 is 0 Å². The van der Waals surface area contributed by atoms with Gasteiger partial charge in [-0.3, -0.25) is 9.69 Å². The van der Waals surface area contributed by atoms with E-state index in [2.05, 4.69) is 0 Å².